The van der Waals surface area contributed by atoms with Gasteiger partial charge in [0.25, 0.3) is 5.56 Å². The standard InChI is InChI=1S/C25H23ClN4O5S/c1-33-12-11-29-10-4-5-18(25(29)32)30-23(27-14-16-8-9-22(26)36-16)13-17(28-30)24(31)21-15-34-19-6-2-3-7-20(19)35-21/h2-10,13,21,27H,11-12,14-15H2,1H3. The smallest absolute Gasteiger partial charge is 0.276 e. The SMILES string of the molecule is COCCn1cccc(-n2nc(C(=O)C3COc4ccccc4O3)cc2NCc2ccc(Cl)s2)c1=O. The van der Waals surface area contributed by atoms with Crippen molar-refractivity contribution in [1.82, 2.24) is 14.3 Å². The van der Waals surface area contributed by atoms with E-state index < -0.39 is 6.10 Å². The van der Waals surface area contributed by atoms with Gasteiger partial charge in [0, 0.05) is 30.8 Å². The van der Waals surface area contributed by atoms with Crippen molar-refractivity contribution < 1.29 is 19.0 Å². The number of hydrogen-bond donors (Lipinski definition) is 1. The molecule has 0 saturated heterocycles. The third-order valence-corrected chi connectivity index (χ3v) is 6.83. The van der Waals surface area contributed by atoms with E-state index in [-0.39, 0.29) is 23.6 Å². The van der Waals surface area contributed by atoms with Crippen molar-refractivity contribution in [3.63, 3.8) is 0 Å². The van der Waals surface area contributed by atoms with Crippen LogP contribution in [0.5, 0.6) is 11.5 Å². The molecule has 0 saturated carbocycles. The summed E-state index contributed by atoms with van der Waals surface area (Å²) in [4.78, 5) is 27.5. The van der Waals surface area contributed by atoms with E-state index in [0.29, 0.717) is 47.0 Å². The fourth-order valence-corrected chi connectivity index (χ4v) is 4.83. The Morgan fingerprint density at radius 2 is 2.06 bits per heavy atom. The summed E-state index contributed by atoms with van der Waals surface area (Å²) in [5.41, 5.74) is 0.192. The molecule has 186 valence electrons. The second-order valence-corrected chi connectivity index (χ2v) is 9.80. The van der Waals surface area contributed by atoms with Gasteiger partial charge in [-0.05, 0) is 36.4 Å². The Hall–Kier alpha value is -3.60. The van der Waals surface area contributed by atoms with E-state index in [1.54, 1.807) is 48.2 Å². The van der Waals surface area contributed by atoms with Gasteiger partial charge in [-0.2, -0.15) is 5.10 Å². The van der Waals surface area contributed by atoms with E-state index in [9.17, 15) is 9.59 Å². The first-order chi connectivity index (χ1) is 17.5. The van der Waals surface area contributed by atoms with Crippen LogP contribution >= 0.6 is 22.9 Å². The van der Waals surface area contributed by atoms with Gasteiger partial charge < -0.3 is 24.1 Å². The van der Waals surface area contributed by atoms with E-state index in [2.05, 4.69) is 10.4 Å². The van der Waals surface area contributed by atoms with Crippen LogP contribution in [0.15, 0.2) is 65.6 Å². The number of nitrogens with zero attached hydrogens (tertiary/aromatic N) is 3. The van der Waals surface area contributed by atoms with Crippen LogP contribution in [-0.2, 0) is 17.8 Å². The quantitative estimate of drug-likeness (QED) is 0.329. The van der Waals surface area contributed by atoms with Crippen LogP contribution in [0.1, 0.15) is 15.4 Å². The number of benzene rings is 1. The maximum absolute atomic E-state index is 13.4. The summed E-state index contributed by atoms with van der Waals surface area (Å²) in [6.07, 6.45) is 0.826. The van der Waals surface area contributed by atoms with Gasteiger partial charge in [0.15, 0.2) is 17.6 Å². The number of pyridine rings is 1. The largest absolute Gasteiger partial charge is 0.485 e. The van der Waals surface area contributed by atoms with Gasteiger partial charge in [-0.25, -0.2) is 4.68 Å². The molecular formula is C25H23ClN4O5S. The zero-order chi connectivity index (χ0) is 25.1. The van der Waals surface area contributed by atoms with Crippen LogP contribution in [0.2, 0.25) is 4.34 Å². The van der Waals surface area contributed by atoms with Crippen LogP contribution < -0.4 is 20.3 Å². The number of ether oxygens (including phenoxy) is 3. The molecule has 1 N–H and O–H groups in total. The van der Waals surface area contributed by atoms with E-state index in [1.807, 2.05) is 24.3 Å². The molecule has 0 fully saturated rings. The molecule has 1 atom stereocenters. The Kier molecular flexibility index (Phi) is 7.08. The second-order valence-electron chi connectivity index (χ2n) is 8.00. The van der Waals surface area contributed by atoms with Crippen molar-refractivity contribution in [1.29, 1.82) is 0 Å². The molecule has 0 aliphatic carbocycles. The molecule has 0 spiro atoms. The summed E-state index contributed by atoms with van der Waals surface area (Å²) in [7, 11) is 1.58. The third-order valence-electron chi connectivity index (χ3n) is 5.60. The summed E-state index contributed by atoms with van der Waals surface area (Å²) in [6, 6.07) is 16.0. The first-order valence-electron chi connectivity index (χ1n) is 11.2. The highest BCUT2D eigenvalue weighted by Crippen LogP contribution is 2.32. The first kappa shape index (κ1) is 24.1. The van der Waals surface area contributed by atoms with Gasteiger partial charge in [0.05, 0.1) is 17.5 Å². The van der Waals surface area contributed by atoms with Gasteiger partial charge in [-0.15, -0.1) is 11.3 Å². The van der Waals surface area contributed by atoms with Crippen LogP contribution in [0, 0.1) is 0 Å². The molecule has 1 aromatic carbocycles. The van der Waals surface area contributed by atoms with E-state index in [0.717, 1.165) is 4.88 Å². The van der Waals surface area contributed by atoms with Gasteiger partial charge in [-0.3, -0.25) is 9.59 Å². The van der Waals surface area contributed by atoms with Crippen molar-refractivity contribution in [2.75, 3.05) is 25.6 Å². The number of carbonyl (C=O) groups excluding carboxylic acids is 1. The number of Topliss-reactive ketones (excluding diaryl/α,β-unsaturated/α-hetero) is 1. The Morgan fingerprint density at radius 3 is 2.83 bits per heavy atom. The average molecular weight is 527 g/mol. The molecule has 1 aliphatic rings. The van der Waals surface area contributed by atoms with Crippen LogP contribution in [0.25, 0.3) is 5.69 Å². The fraction of sp³-hybridized carbons (Fsp3) is 0.240. The predicted octanol–water partition coefficient (Wildman–Crippen LogP) is 4.03. The number of rotatable bonds is 9. The third kappa shape index (κ3) is 5.01. The lowest BCUT2D eigenvalue weighted by atomic mass is 10.1. The maximum Gasteiger partial charge on any atom is 0.276 e. The molecule has 9 nitrogen and oxygen atoms in total. The highest BCUT2D eigenvalue weighted by atomic mass is 35.5. The van der Waals surface area contributed by atoms with Gasteiger partial charge in [0.2, 0.25) is 5.78 Å². The highest BCUT2D eigenvalue weighted by Gasteiger charge is 2.31. The lowest BCUT2D eigenvalue weighted by Crippen LogP contribution is -2.36. The molecule has 3 aromatic heterocycles. The molecule has 1 aliphatic heterocycles. The molecule has 4 aromatic rings. The van der Waals surface area contributed by atoms with Crippen molar-refractivity contribution in [3.8, 4) is 17.2 Å². The number of ketones is 1. The van der Waals surface area contributed by atoms with Crippen molar-refractivity contribution in [2.45, 2.75) is 19.2 Å². The fourth-order valence-electron chi connectivity index (χ4n) is 3.80. The second kappa shape index (κ2) is 10.6. The Morgan fingerprint density at radius 1 is 1.22 bits per heavy atom. The zero-order valence-corrected chi connectivity index (χ0v) is 20.9. The average Bonchev–Trinajstić information content (AvgIpc) is 3.52. The predicted molar refractivity (Wildman–Crippen MR) is 137 cm³/mol. The monoisotopic (exact) mass is 526 g/mol. The van der Waals surface area contributed by atoms with Gasteiger partial charge >= 0.3 is 0 Å². The summed E-state index contributed by atoms with van der Waals surface area (Å²) >= 11 is 7.51. The Bertz CT molecular complexity index is 1450. The minimum atomic E-state index is -0.860. The van der Waals surface area contributed by atoms with Crippen LogP contribution in [0.4, 0.5) is 5.82 Å². The Balaban J connectivity index is 1.47. The molecule has 0 bridgehead atoms. The van der Waals surface area contributed by atoms with E-state index in [4.69, 9.17) is 25.8 Å². The molecule has 11 heteroatoms. The number of fused-ring (bicyclic) bond motifs is 1. The van der Waals surface area contributed by atoms with Crippen LogP contribution in [0.3, 0.4) is 0 Å². The molecule has 36 heavy (non-hydrogen) atoms. The molecule has 5 rings (SSSR count). The summed E-state index contributed by atoms with van der Waals surface area (Å²) in [5, 5.41) is 7.79. The van der Waals surface area contributed by atoms with E-state index >= 15 is 0 Å². The summed E-state index contributed by atoms with van der Waals surface area (Å²) < 4.78 is 20.4. The summed E-state index contributed by atoms with van der Waals surface area (Å²) in [6.45, 7) is 1.28. The number of thiophene rings is 1. The minimum absolute atomic E-state index is 0.0638. The van der Waals surface area contributed by atoms with Crippen molar-refractivity contribution in [3.05, 3.63) is 86.1 Å². The van der Waals surface area contributed by atoms with Crippen molar-refractivity contribution >= 4 is 34.5 Å². The van der Waals surface area contributed by atoms with Gasteiger partial charge in [0.1, 0.15) is 23.8 Å². The number of carbonyl (C=O) groups is 1. The molecule has 0 radical (unpaired) electrons. The summed E-state index contributed by atoms with van der Waals surface area (Å²) in [5.74, 6) is 1.23. The van der Waals surface area contributed by atoms with E-state index in [1.165, 1.54) is 16.0 Å². The number of anilines is 1. The van der Waals surface area contributed by atoms with Crippen LogP contribution in [-0.4, -0.2) is 46.6 Å². The van der Waals surface area contributed by atoms with Gasteiger partial charge in [-0.1, -0.05) is 23.7 Å². The number of aromatic nitrogens is 3. The number of halogens is 1. The molecule has 0 amide bonds. The topological polar surface area (TPSA) is 96.6 Å². The highest BCUT2D eigenvalue weighted by molar-refractivity contribution is 7.16. The molecular weight excluding hydrogens is 504 g/mol. The zero-order valence-electron chi connectivity index (χ0n) is 19.3. The lowest BCUT2D eigenvalue weighted by molar-refractivity contribution is 0.0580. The number of methoxy groups -OCH3 is 1. The lowest BCUT2D eigenvalue weighted by Gasteiger charge is -2.24. The Labute approximate surface area is 215 Å². The number of hydrogen-bond acceptors (Lipinski definition) is 8. The molecule has 1 unspecified atom stereocenters. The number of para-hydroxylation sites is 2. The first-order valence-corrected chi connectivity index (χ1v) is 12.4. The number of nitrogens with one attached hydrogen (secondary N) is 1. The minimum Gasteiger partial charge on any atom is -0.485 e. The molecule has 4 heterocycles. The van der Waals surface area contributed by atoms with Crippen molar-refractivity contribution in [2.24, 2.45) is 0 Å². The normalized spacial score (nSPS) is 14.6. The maximum atomic E-state index is 13.4.